The molecule has 0 unspecified atom stereocenters. The van der Waals surface area contributed by atoms with Gasteiger partial charge in [0.25, 0.3) is 0 Å². The Hall–Kier alpha value is -1.88. The highest BCUT2D eigenvalue weighted by Crippen LogP contribution is 2.29. The lowest BCUT2D eigenvalue weighted by Gasteiger charge is -2.31. The number of thioether (sulfide) groups is 1. The molecular formula is C22H27F2NOS. The van der Waals surface area contributed by atoms with Crippen LogP contribution < -0.4 is 0 Å². The summed E-state index contributed by atoms with van der Waals surface area (Å²) >= 11 is 1.79. The van der Waals surface area contributed by atoms with E-state index in [2.05, 4.69) is 0 Å². The van der Waals surface area contributed by atoms with Crippen molar-refractivity contribution in [3.05, 3.63) is 54.1 Å². The van der Waals surface area contributed by atoms with E-state index in [1.54, 1.807) is 18.7 Å². The van der Waals surface area contributed by atoms with Gasteiger partial charge in [0.1, 0.15) is 11.6 Å². The van der Waals surface area contributed by atoms with Gasteiger partial charge in [-0.25, -0.2) is 8.78 Å². The molecule has 0 spiro atoms. The molecule has 3 rings (SSSR count). The minimum absolute atomic E-state index is 0.162. The standard InChI is InChI=1S/C20H21F2NOS.C2H6/c1-14(24)23-10-8-15(9-11-23)13-25-18-5-2-16(3-6-18)19-7-4-17(21)12-20(19)22;1-2/h2-7,12,15H,8-11,13H2,1H3;1-2H3. The molecule has 0 atom stereocenters. The van der Waals surface area contributed by atoms with E-state index >= 15 is 0 Å². The molecule has 1 fully saturated rings. The zero-order valence-corrected chi connectivity index (χ0v) is 17.0. The van der Waals surface area contributed by atoms with Crippen molar-refractivity contribution < 1.29 is 13.6 Å². The Morgan fingerprint density at radius 2 is 1.70 bits per heavy atom. The van der Waals surface area contributed by atoms with Crippen molar-refractivity contribution in [1.29, 1.82) is 0 Å². The van der Waals surface area contributed by atoms with Crippen LogP contribution in [-0.2, 0) is 4.79 Å². The van der Waals surface area contributed by atoms with Crippen molar-refractivity contribution in [2.24, 2.45) is 5.92 Å². The van der Waals surface area contributed by atoms with E-state index in [0.29, 0.717) is 11.5 Å². The van der Waals surface area contributed by atoms with Crippen LogP contribution in [0.3, 0.4) is 0 Å². The fraction of sp³-hybridized carbons (Fsp3) is 0.409. The van der Waals surface area contributed by atoms with E-state index in [-0.39, 0.29) is 5.91 Å². The van der Waals surface area contributed by atoms with E-state index in [4.69, 9.17) is 0 Å². The highest BCUT2D eigenvalue weighted by atomic mass is 32.2. The predicted octanol–water partition coefficient (Wildman–Crippen LogP) is 6.01. The summed E-state index contributed by atoms with van der Waals surface area (Å²) in [5.41, 5.74) is 1.16. The molecular weight excluding hydrogens is 364 g/mol. The molecule has 2 aromatic carbocycles. The quantitative estimate of drug-likeness (QED) is 0.595. The molecule has 2 nitrogen and oxygen atoms in total. The second kappa shape index (κ2) is 10.5. The zero-order chi connectivity index (χ0) is 19.8. The highest BCUT2D eigenvalue weighted by Gasteiger charge is 2.20. The number of likely N-dealkylation sites (tertiary alicyclic amines) is 1. The summed E-state index contributed by atoms with van der Waals surface area (Å²) in [5, 5.41) is 0. The fourth-order valence-corrected chi connectivity index (χ4v) is 4.17. The van der Waals surface area contributed by atoms with Crippen LogP contribution in [0.2, 0.25) is 0 Å². The number of carbonyl (C=O) groups is 1. The fourth-order valence-electron chi connectivity index (χ4n) is 3.08. The third-order valence-corrected chi connectivity index (χ3v) is 5.89. The van der Waals surface area contributed by atoms with Crippen molar-refractivity contribution >= 4 is 17.7 Å². The van der Waals surface area contributed by atoms with Crippen LogP contribution in [0.25, 0.3) is 11.1 Å². The summed E-state index contributed by atoms with van der Waals surface area (Å²) in [5.74, 6) is 0.696. The van der Waals surface area contributed by atoms with Crippen LogP contribution in [-0.4, -0.2) is 29.6 Å². The summed E-state index contributed by atoms with van der Waals surface area (Å²) in [6.07, 6.45) is 2.09. The number of piperidine rings is 1. The number of carbonyl (C=O) groups excluding carboxylic acids is 1. The Labute approximate surface area is 165 Å². The van der Waals surface area contributed by atoms with E-state index in [1.807, 2.05) is 43.0 Å². The molecule has 0 aliphatic carbocycles. The maximum Gasteiger partial charge on any atom is 0.219 e. The molecule has 0 aromatic heterocycles. The minimum atomic E-state index is -0.566. The largest absolute Gasteiger partial charge is 0.343 e. The van der Waals surface area contributed by atoms with Gasteiger partial charge in [-0.15, -0.1) is 11.8 Å². The van der Waals surface area contributed by atoms with Crippen LogP contribution in [0.4, 0.5) is 8.78 Å². The molecule has 1 saturated heterocycles. The van der Waals surface area contributed by atoms with E-state index in [9.17, 15) is 13.6 Å². The molecule has 0 N–H and O–H groups in total. The normalized spacial score (nSPS) is 14.5. The van der Waals surface area contributed by atoms with E-state index < -0.39 is 11.6 Å². The average Bonchev–Trinajstić information content (AvgIpc) is 2.69. The Bertz CT molecular complexity index is 740. The molecule has 27 heavy (non-hydrogen) atoms. The van der Waals surface area contributed by atoms with Crippen LogP contribution in [0.15, 0.2) is 47.4 Å². The van der Waals surface area contributed by atoms with Crippen molar-refractivity contribution in [3.63, 3.8) is 0 Å². The first-order chi connectivity index (χ1) is 13.0. The number of amides is 1. The van der Waals surface area contributed by atoms with Crippen LogP contribution in [0, 0.1) is 17.6 Å². The molecule has 1 aliphatic rings. The smallest absolute Gasteiger partial charge is 0.219 e. The Kier molecular flexibility index (Phi) is 8.29. The maximum atomic E-state index is 13.8. The van der Waals surface area contributed by atoms with Gasteiger partial charge in [0, 0.05) is 42.3 Å². The summed E-state index contributed by atoms with van der Waals surface area (Å²) in [7, 11) is 0. The van der Waals surface area contributed by atoms with Gasteiger partial charge in [-0.2, -0.15) is 0 Å². The molecule has 146 valence electrons. The Morgan fingerprint density at radius 1 is 1.07 bits per heavy atom. The van der Waals surface area contributed by atoms with Gasteiger partial charge in [-0.1, -0.05) is 26.0 Å². The van der Waals surface area contributed by atoms with E-state index in [1.165, 1.54) is 12.1 Å². The first-order valence-corrected chi connectivity index (χ1v) is 10.5. The van der Waals surface area contributed by atoms with Gasteiger partial charge < -0.3 is 4.90 Å². The van der Waals surface area contributed by atoms with Gasteiger partial charge >= 0.3 is 0 Å². The first-order valence-electron chi connectivity index (χ1n) is 9.47. The van der Waals surface area contributed by atoms with Gasteiger partial charge in [0.05, 0.1) is 0 Å². The van der Waals surface area contributed by atoms with Crippen molar-refractivity contribution in [1.82, 2.24) is 4.90 Å². The number of hydrogen-bond acceptors (Lipinski definition) is 2. The van der Waals surface area contributed by atoms with Crippen molar-refractivity contribution in [2.45, 2.75) is 38.5 Å². The summed E-state index contributed by atoms with van der Waals surface area (Å²) in [6, 6.07) is 11.4. The number of rotatable bonds is 4. The lowest BCUT2D eigenvalue weighted by Crippen LogP contribution is -2.37. The maximum absolute atomic E-state index is 13.8. The Morgan fingerprint density at radius 3 is 2.26 bits per heavy atom. The first kappa shape index (κ1) is 21.4. The molecule has 5 heteroatoms. The predicted molar refractivity (Wildman–Crippen MR) is 109 cm³/mol. The topological polar surface area (TPSA) is 20.3 Å². The molecule has 0 saturated carbocycles. The van der Waals surface area contributed by atoms with E-state index in [0.717, 1.165) is 48.2 Å². The average molecular weight is 392 g/mol. The lowest BCUT2D eigenvalue weighted by atomic mass is 9.99. The molecule has 0 bridgehead atoms. The van der Waals surface area contributed by atoms with Gasteiger partial charge in [-0.3, -0.25) is 4.79 Å². The molecule has 1 aliphatic heterocycles. The summed E-state index contributed by atoms with van der Waals surface area (Å²) in [4.78, 5) is 14.4. The van der Waals surface area contributed by atoms with Gasteiger partial charge in [0.2, 0.25) is 5.91 Å². The number of hydrogen-bond donors (Lipinski definition) is 0. The number of nitrogens with zero attached hydrogens (tertiary/aromatic N) is 1. The summed E-state index contributed by atoms with van der Waals surface area (Å²) < 4.78 is 26.9. The second-order valence-electron chi connectivity index (χ2n) is 6.41. The summed E-state index contributed by atoms with van der Waals surface area (Å²) in [6.45, 7) is 7.33. The second-order valence-corrected chi connectivity index (χ2v) is 7.50. The molecule has 1 amide bonds. The third-order valence-electron chi connectivity index (χ3n) is 4.64. The van der Waals surface area contributed by atoms with Crippen LogP contribution >= 0.6 is 11.8 Å². The molecule has 2 aromatic rings. The SMILES string of the molecule is CC.CC(=O)N1CCC(CSc2ccc(-c3ccc(F)cc3F)cc2)CC1. The highest BCUT2D eigenvalue weighted by molar-refractivity contribution is 7.99. The molecule has 1 heterocycles. The lowest BCUT2D eigenvalue weighted by molar-refractivity contribution is -0.130. The number of halogens is 2. The number of benzene rings is 2. The van der Waals surface area contributed by atoms with Crippen LogP contribution in [0.5, 0.6) is 0 Å². The van der Waals surface area contributed by atoms with Crippen molar-refractivity contribution in [2.75, 3.05) is 18.8 Å². The monoisotopic (exact) mass is 391 g/mol. The molecule has 0 radical (unpaired) electrons. The minimum Gasteiger partial charge on any atom is -0.343 e. The van der Waals surface area contributed by atoms with Crippen molar-refractivity contribution in [3.8, 4) is 11.1 Å². The third kappa shape index (κ3) is 6.06. The van der Waals surface area contributed by atoms with Gasteiger partial charge in [-0.05, 0) is 48.6 Å². The Balaban J connectivity index is 0.00000126. The van der Waals surface area contributed by atoms with Crippen LogP contribution in [0.1, 0.15) is 33.6 Å². The zero-order valence-electron chi connectivity index (χ0n) is 16.2. The van der Waals surface area contributed by atoms with Gasteiger partial charge in [0.15, 0.2) is 0 Å².